The largest absolute Gasteiger partial charge is 0.496 e. The van der Waals surface area contributed by atoms with Crippen molar-refractivity contribution < 1.29 is 4.74 Å². The number of imidazole rings is 1. The first-order chi connectivity index (χ1) is 10.3. The Balaban J connectivity index is 1.79. The van der Waals surface area contributed by atoms with Crippen LogP contribution in [0.15, 0.2) is 52.0 Å². The molecule has 0 unspecified atom stereocenters. The number of methoxy groups -OCH3 is 1. The molecule has 1 heterocycles. The van der Waals surface area contributed by atoms with Crippen molar-refractivity contribution in [3.05, 3.63) is 52.5 Å². The van der Waals surface area contributed by atoms with Gasteiger partial charge >= 0.3 is 0 Å². The molecule has 0 aliphatic heterocycles. The van der Waals surface area contributed by atoms with Gasteiger partial charge in [-0.2, -0.15) is 5.10 Å². The standard InChI is InChI=1S/C15H13BrN4O/c1-21-14-7-6-11(16)8-10(14)9-17-20-15-18-12-4-2-3-5-13(12)19-15/h2-9H,1H3,(H2,18,19,20). The number of rotatable bonds is 4. The monoisotopic (exact) mass is 344 g/mol. The highest BCUT2D eigenvalue weighted by Crippen LogP contribution is 2.21. The Kier molecular flexibility index (Phi) is 3.87. The molecule has 0 bridgehead atoms. The van der Waals surface area contributed by atoms with Crippen molar-refractivity contribution in [2.45, 2.75) is 0 Å². The third kappa shape index (κ3) is 3.05. The summed E-state index contributed by atoms with van der Waals surface area (Å²) in [5.74, 6) is 1.36. The van der Waals surface area contributed by atoms with Gasteiger partial charge in [0.05, 0.1) is 24.4 Å². The van der Waals surface area contributed by atoms with E-state index in [2.05, 4.69) is 36.4 Å². The average Bonchev–Trinajstić information content (AvgIpc) is 2.90. The molecule has 6 heteroatoms. The van der Waals surface area contributed by atoms with Crippen LogP contribution in [0.3, 0.4) is 0 Å². The van der Waals surface area contributed by atoms with Gasteiger partial charge in [0, 0.05) is 10.0 Å². The Morgan fingerprint density at radius 2 is 2.14 bits per heavy atom. The van der Waals surface area contributed by atoms with Gasteiger partial charge in [-0.05, 0) is 30.3 Å². The Labute approximate surface area is 130 Å². The lowest BCUT2D eigenvalue weighted by molar-refractivity contribution is 0.414. The first-order valence-electron chi connectivity index (χ1n) is 6.33. The molecule has 0 atom stereocenters. The van der Waals surface area contributed by atoms with E-state index in [1.165, 1.54) is 0 Å². The van der Waals surface area contributed by atoms with Gasteiger partial charge in [-0.1, -0.05) is 28.1 Å². The smallest absolute Gasteiger partial charge is 0.222 e. The number of aromatic amines is 1. The van der Waals surface area contributed by atoms with Crippen LogP contribution in [0.2, 0.25) is 0 Å². The summed E-state index contributed by atoms with van der Waals surface area (Å²) in [5.41, 5.74) is 5.62. The minimum Gasteiger partial charge on any atom is -0.496 e. The SMILES string of the molecule is COc1ccc(Br)cc1C=NNc1nc2ccccc2[nH]1. The van der Waals surface area contributed by atoms with Crippen molar-refractivity contribution in [3.8, 4) is 5.75 Å². The lowest BCUT2D eigenvalue weighted by Crippen LogP contribution is -1.95. The van der Waals surface area contributed by atoms with Gasteiger partial charge in [0.25, 0.3) is 0 Å². The van der Waals surface area contributed by atoms with E-state index >= 15 is 0 Å². The van der Waals surface area contributed by atoms with Crippen molar-refractivity contribution in [2.75, 3.05) is 12.5 Å². The minimum atomic E-state index is 0.599. The molecule has 2 N–H and O–H groups in total. The summed E-state index contributed by atoms with van der Waals surface area (Å²) in [6.45, 7) is 0. The summed E-state index contributed by atoms with van der Waals surface area (Å²) in [6, 6.07) is 13.5. The molecule has 21 heavy (non-hydrogen) atoms. The summed E-state index contributed by atoms with van der Waals surface area (Å²) in [7, 11) is 1.63. The van der Waals surface area contributed by atoms with Crippen LogP contribution in [0.5, 0.6) is 5.75 Å². The highest BCUT2D eigenvalue weighted by atomic mass is 79.9. The zero-order chi connectivity index (χ0) is 14.7. The minimum absolute atomic E-state index is 0.599. The van der Waals surface area contributed by atoms with Crippen molar-refractivity contribution in [1.82, 2.24) is 9.97 Å². The van der Waals surface area contributed by atoms with Crippen LogP contribution in [-0.4, -0.2) is 23.3 Å². The van der Waals surface area contributed by atoms with Gasteiger partial charge in [0.2, 0.25) is 5.95 Å². The summed E-state index contributed by atoms with van der Waals surface area (Å²) in [5, 5.41) is 4.19. The van der Waals surface area contributed by atoms with Crippen LogP contribution in [0.1, 0.15) is 5.56 Å². The molecular weight excluding hydrogens is 332 g/mol. The van der Waals surface area contributed by atoms with Gasteiger partial charge in [0.1, 0.15) is 5.75 Å². The first-order valence-corrected chi connectivity index (χ1v) is 7.13. The van der Waals surface area contributed by atoms with E-state index in [-0.39, 0.29) is 0 Å². The molecule has 0 aliphatic carbocycles. The fourth-order valence-corrected chi connectivity index (χ4v) is 2.35. The average molecular weight is 345 g/mol. The quantitative estimate of drug-likeness (QED) is 0.559. The number of nitrogens with one attached hydrogen (secondary N) is 2. The number of aromatic nitrogens is 2. The molecular formula is C15H13BrN4O. The highest BCUT2D eigenvalue weighted by molar-refractivity contribution is 9.10. The number of halogens is 1. The molecule has 0 saturated carbocycles. The van der Waals surface area contributed by atoms with Crippen LogP contribution >= 0.6 is 15.9 Å². The molecule has 0 aliphatic rings. The lowest BCUT2D eigenvalue weighted by Gasteiger charge is -2.04. The van der Waals surface area contributed by atoms with Gasteiger partial charge < -0.3 is 9.72 Å². The Bertz CT molecular complexity index is 764. The number of hydrogen-bond donors (Lipinski definition) is 2. The van der Waals surface area contributed by atoms with Crippen molar-refractivity contribution in [3.63, 3.8) is 0 Å². The Hall–Kier alpha value is -2.34. The second-order valence-electron chi connectivity index (χ2n) is 4.36. The second-order valence-corrected chi connectivity index (χ2v) is 5.27. The predicted octanol–water partition coefficient (Wildman–Crippen LogP) is 3.78. The molecule has 106 valence electrons. The number of H-pyrrole nitrogens is 1. The number of para-hydroxylation sites is 2. The van der Waals surface area contributed by atoms with Crippen LogP contribution in [0, 0.1) is 0 Å². The third-order valence-electron chi connectivity index (χ3n) is 2.96. The number of benzene rings is 2. The van der Waals surface area contributed by atoms with Gasteiger partial charge in [-0.25, -0.2) is 10.4 Å². The number of fused-ring (bicyclic) bond motifs is 1. The van der Waals surface area contributed by atoms with Crippen LogP contribution in [0.25, 0.3) is 11.0 Å². The van der Waals surface area contributed by atoms with Crippen LogP contribution in [0.4, 0.5) is 5.95 Å². The number of ether oxygens (including phenoxy) is 1. The molecule has 0 amide bonds. The maximum Gasteiger partial charge on any atom is 0.222 e. The molecule has 3 rings (SSSR count). The van der Waals surface area contributed by atoms with E-state index < -0.39 is 0 Å². The molecule has 2 aromatic carbocycles. The topological polar surface area (TPSA) is 62.3 Å². The van der Waals surface area contributed by atoms with E-state index in [0.29, 0.717) is 5.95 Å². The summed E-state index contributed by atoms with van der Waals surface area (Å²) in [6.07, 6.45) is 1.69. The number of anilines is 1. The fraction of sp³-hybridized carbons (Fsp3) is 0.0667. The Morgan fingerprint density at radius 3 is 2.95 bits per heavy atom. The lowest BCUT2D eigenvalue weighted by atomic mass is 10.2. The normalized spacial score (nSPS) is 11.1. The highest BCUT2D eigenvalue weighted by Gasteiger charge is 2.02. The Morgan fingerprint density at radius 1 is 1.29 bits per heavy atom. The summed E-state index contributed by atoms with van der Waals surface area (Å²) >= 11 is 3.43. The molecule has 0 saturated heterocycles. The van der Waals surface area contributed by atoms with E-state index in [9.17, 15) is 0 Å². The summed E-state index contributed by atoms with van der Waals surface area (Å²) < 4.78 is 6.25. The zero-order valence-corrected chi connectivity index (χ0v) is 12.9. The number of nitrogens with zero attached hydrogens (tertiary/aromatic N) is 2. The predicted molar refractivity (Wildman–Crippen MR) is 88.0 cm³/mol. The number of hydrazone groups is 1. The zero-order valence-electron chi connectivity index (χ0n) is 11.3. The molecule has 0 fully saturated rings. The molecule has 0 radical (unpaired) electrons. The van der Waals surface area contributed by atoms with Gasteiger partial charge in [-0.15, -0.1) is 0 Å². The van der Waals surface area contributed by atoms with Crippen LogP contribution in [-0.2, 0) is 0 Å². The van der Waals surface area contributed by atoms with E-state index in [1.54, 1.807) is 13.3 Å². The molecule has 1 aromatic heterocycles. The first kappa shape index (κ1) is 13.6. The van der Waals surface area contributed by atoms with Gasteiger partial charge in [-0.3, -0.25) is 0 Å². The fourth-order valence-electron chi connectivity index (χ4n) is 1.97. The number of hydrogen-bond acceptors (Lipinski definition) is 4. The van der Waals surface area contributed by atoms with E-state index in [1.807, 2.05) is 42.5 Å². The van der Waals surface area contributed by atoms with Crippen LogP contribution < -0.4 is 10.2 Å². The van der Waals surface area contributed by atoms with E-state index in [4.69, 9.17) is 4.74 Å². The van der Waals surface area contributed by atoms with Crippen molar-refractivity contribution in [1.29, 1.82) is 0 Å². The molecule has 3 aromatic rings. The van der Waals surface area contributed by atoms with Crippen molar-refractivity contribution in [2.24, 2.45) is 5.10 Å². The second kappa shape index (κ2) is 5.97. The maximum atomic E-state index is 5.29. The third-order valence-corrected chi connectivity index (χ3v) is 3.45. The maximum absolute atomic E-state index is 5.29. The summed E-state index contributed by atoms with van der Waals surface area (Å²) in [4.78, 5) is 7.53. The van der Waals surface area contributed by atoms with Gasteiger partial charge in [0.15, 0.2) is 0 Å². The molecule has 0 spiro atoms. The van der Waals surface area contributed by atoms with E-state index in [0.717, 1.165) is 26.8 Å². The van der Waals surface area contributed by atoms with Crippen molar-refractivity contribution >= 4 is 39.1 Å². The molecule has 5 nitrogen and oxygen atoms in total.